The molecule has 0 atom stereocenters. The van der Waals surface area contributed by atoms with Crippen molar-refractivity contribution in [3.8, 4) is 0 Å². The number of hydrogen-bond donors (Lipinski definition) is 0. The molecule has 1 heteroatoms. The summed E-state index contributed by atoms with van der Waals surface area (Å²) >= 11 is 0. The molecule has 1 aliphatic carbocycles. The van der Waals surface area contributed by atoms with Gasteiger partial charge in [0.05, 0.1) is 6.33 Å². The third-order valence-electron chi connectivity index (χ3n) is 9.91. The van der Waals surface area contributed by atoms with Crippen molar-refractivity contribution in [2.75, 3.05) is 0 Å². The molecule has 0 aromatic heterocycles. The summed E-state index contributed by atoms with van der Waals surface area (Å²) in [5, 5.41) is 0. The van der Waals surface area contributed by atoms with E-state index in [1.165, 1.54) is 101 Å². The Morgan fingerprint density at radius 3 is 1.40 bits per heavy atom. The van der Waals surface area contributed by atoms with Crippen LogP contribution in [0.5, 0.6) is 0 Å². The Morgan fingerprint density at radius 1 is 0.571 bits per heavy atom. The van der Waals surface area contributed by atoms with Gasteiger partial charge >= 0.3 is 0 Å². The van der Waals surface area contributed by atoms with Crippen molar-refractivity contribution in [2.45, 2.75) is 126 Å². The van der Waals surface area contributed by atoms with Crippen LogP contribution >= 0.6 is 0 Å². The first kappa shape index (κ1) is 27.7. The first-order valence-corrected chi connectivity index (χ1v) is 14.0. The molecular weight excluding hydrogens is 427 g/mol. The van der Waals surface area contributed by atoms with E-state index in [4.69, 9.17) is 0 Å². The van der Waals surface area contributed by atoms with Crippen LogP contribution in [-0.4, -0.2) is 0 Å². The third-order valence-corrected chi connectivity index (χ3v) is 9.91. The monoisotopic (exact) mass is 476 g/mol. The lowest BCUT2D eigenvalue weighted by Crippen LogP contribution is -2.16. The van der Waals surface area contributed by atoms with Crippen molar-refractivity contribution >= 4 is 0 Å². The van der Waals surface area contributed by atoms with Crippen molar-refractivity contribution in [1.29, 1.82) is 0 Å². The lowest BCUT2D eigenvalue weighted by molar-refractivity contribution is 0.326. The fourth-order valence-electron chi connectivity index (χ4n) is 6.89. The van der Waals surface area contributed by atoms with Gasteiger partial charge in [-0.15, -0.1) is 0 Å². The Morgan fingerprint density at radius 2 is 0.971 bits per heavy atom. The molecular formula is C34H49F. The van der Waals surface area contributed by atoms with Crippen LogP contribution in [0.1, 0.15) is 118 Å². The molecule has 0 radical (unpaired) electrons. The first-order valence-electron chi connectivity index (χ1n) is 14.0. The molecule has 0 spiro atoms. The fourth-order valence-corrected chi connectivity index (χ4v) is 6.89. The highest BCUT2D eigenvalue weighted by molar-refractivity contribution is 5.52. The van der Waals surface area contributed by atoms with Gasteiger partial charge in [0.2, 0.25) is 0 Å². The Bertz CT molecular complexity index is 1020. The summed E-state index contributed by atoms with van der Waals surface area (Å²) in [6, 6.07) is 0. The third kappa shape index (κ3) is 5.76. The molecule has 0 bridgehead atoms. The van der Waals surface area contributed by atoms with Crippen molar-refractivity contribution in [1.82, 2.24) is 0 Å². The van der Waals surface area contributed by atoms with E-state index < -0.39 is 0 Å². The summed E-state index contributed by atoms with van der Waals surface area (Å²) in [5.41, 5.74) is 18.3. The van der Waals surface area contributed by atoms with Gasteiger partial charge in [-0.05, 0) is 199 Å². The highest BCUT2D eigenvalue weighted by atomic mass is 19.1. The number of halogens is 1. The zero-order valence-corrected chi connectivity index (χ0v) is 24.1. The number of rotatable bonds is 8. The van der Waals surface area contributed by atoms with Crippen molar-refractivity contribution < 1.29 is 4.39 Å². The molecule has 2 aromatic rings. The van der Waals surface area contributed by atoms with Gasteiger partial charge in [-0.1, -0.05) is 6.08 Å². The molecule has 0 saturated heterocycles. The number of hydrogen-bond acceptors (Lipinski definition) is 0. The van der Waals surface area contributed by atoms with Crippen LogP contribution in [0, 0.1) is 68.2 Å². The standard InChI is InChI=1S/C34H49F/c1-21-22(2)24(4)32(25(5)23(21)3)14-10-11-15-33-26(6)28(8)34(29(9)27(33)7)31-18-16-30(17-19-31)13-12-20-35/h12,20,30-31H,10-11,13-19H2,1-9H3/b20-12+. The smallest absolute Gasteiger partial charge is 0.0827 e. The maximum absolute atomic E-state index is 12.4. The molecule has 1 fully saturated rings. The lowest BCUT2D eigenvalue weighted by Gasteiger charge is -2.32. The molecule has 0 N–H and O–H groups in total. The van der Waals surface area contributed by atoms with Crippen LogP contribution in [0.4, 0.5) is 4.39 Å². The van der Waals surface area contributed by atoms with Crippen LogP contribution in [-0.2, 0) is 12.8 Å². The van der Waals surface area contributed by atoms with Crippen molar-refractivity contribution in [2.24, 2.45) is 5.92 Å². The van der Waals surface area contributed by atoms with Crippen LogP contribution in [0.3, 0.4) is 0 Å². The first-order chi connectivity index (χ1) is 16.6. The quantitative estimate of drug-likeness (QED) is 0.332. The van der Waals surface area contributed by atoms with Gasteiger partial charge in [0.1, 0.15) is 0 Å². The van der Waals surface area contributed by atoms with Crippen LogP contribution in [0.2, 0.25) is 0 Å². The van der Waals surface area contributed by atoms with E-state index in [1.54, 1.807) is 22.8 Å². The summed E-state index contributed by atoms with van der Waals surface area (Å²) in [7, 11) is 0. The maximum atomic E-state index is 12.4. The molecule has 0 heterocycles. The summed E-state index contributed by atoms with van der Waals surface area (Å²) in [6.45, 7) is 20.9. The second-order valence-corrected chi connectivity index (χ2v) is 11.5. The average molecular weight is 477 g/mol. The molecule has 0 amide bonds. The minimum atomic E-state index is 0.661. The molecule has 0 nitrogen and oxygen atoms in total. The molecule has 0 aliphatic heterocycles. The summed E-state index contributed by atoms with van der Waals surface area (Å²) in [6.07, 6.45) is 13.1. The predicted molar refractivity (Wildman–Crippen MR) is 152 cm³/mol. The molecule has 0 unspecified atom stereocenters. The zero-order valence-electron chi connectivity index (χ0n) is 24.1. The maximum Gasteiger partial charge on any atom is 0.0827 e. The van der Waals surface area contributed by atoms with Crippen LogP contribution in [0.25, 0.3) is 0 Å². The Kier molecular flexibility index (Phi) is 9.41. The molecule has 192 valence electrons. The van der Waals surface area contributed by atoms with Gasteiger partial charge in [0, 0.05) is 0 Å². The normalized spacial score (nSPS) is 18.6. The van der Waals surface area contributed by atoms with Gasteiger partial charge in [-0.3, -0.25) is 0 Å². The lowest BCUT2D eigenvalue weighted by atomic mass is 9.73. The number of unbranched alkanes of at least 4 members (excludes halogenated alkanes) is 1. The van der Waals surface area contributed by atoms with E-state index in [2.05, 4.69) is 62.3 Å². The Labute approximate surface area is 215 Å². The Balaban J connectivity index is 1.70. The van der Waals surface area contributed by atoms with Gasteiger partial charge in [-0.2, -0.15) is 0 Å². The molecule has 35 heavy (non-hydrogen) atoms. The molecule has 1 aliphatic rings. The SMILES string of the molecule is Cc1c(C)c(C)c(CCCCc2c(C)c(C)c(C3CCC(C/C=C/F)CC3)c(C)c2C)c(C)c1C. The topological polar surface area (TPSA) is 0 Å². The number of allylic oxidation sites excluding steroid dienone is 1. The van der Waals surface area contributed by atoms with Gasteiger partial charge in [0.15, 0.2) is 0 Å². The zero-order chi connectivity index (χ0) is 25.9. The van der Waals surface area contributed by atoms with E-state index in [-0.39, 0.29) is 0 Å². The second-order valence-electron chi connectivity index (χ2n) is 11.5. The summed E-state index contributed by atoms with van der Waals surface area (Å²) in [5.74, 6) is 1.33. The van der Waals surface area contributed by atoms with Gasteiger partial charge in [-0.25, -0.2) is 4.39 Å². The Hall–Kier alpha value is -1.89. The van der Waals surface area contributed by atoms with E-state index >= 15 is 0 Å². The molecule has 1 saturated carbocycles. The summed E-state index contributed by atoms with van der Waals surface area (Å²) in [4.78, 5) is 0. The minimum absolute atomic E-state index is 0.661. The largest absolute Gasteiger partial charge is 0.216 e. The van der Waals surface area contributed by atoms with Crippen LogP contribution in [0.15, 0.2) is 12.4 Å². The van der Waals surface area contributed by atoms with Gasteiger partial charge < -0.3 is 0 Å². The van der Waals surface area contributed by atoms with E-state index in [0.717, 1.165) is 12.8 Å². The van der Waals surface area contributed by atoms with Crippen molar-refractivity contribution in [3.05, 3.63) is 79.2 Å². The predicted octanol–water partition coefficient (Wildman–Crippen LogP) is 10.2. The highest BCUT2D eigenvalue weighted by Crippen LogP contribution is 2.42. The molecule has 3 rings (SSSR count). The van der Waals surface area contributed by atoms with E-state index in [0.29, 0.717) is 11.8 Å². The summed E-state index contributed by atoms with van der Waals surface area (Å²) < 4.78 is 12.4. The second kappa shape index (κ2) is 11.9. The van der Waals surface area contributed by atoms with Crippen molar-refractivity contribution in [3.63, 3.8) is 0 Å². The van der Waals surface area contributed by atoms with Gasteiger partial charge in [0.25, 0.3) is 0 Å². The average Bonchev–Trinajstić information content (AvgIpc) is 2.86. The highest BCUT2D eigenvalue weighted by Gasteiger charge is 2.26. The minimum Gasteiger partial charge on any atom is -0.216 e. The van der Waals surface area contributed by atoms with E-state index in [9.17, 15) is 4.39 Å². The van der Waals surface area contributed by atoms with Crippen LogP contribution < -0.4 is 0 Å². The number of benzene rings is 2. The fraction of sp³-hybridized carbons (Fsp3) is 0.588. The van der Waals surface area contributed by atoms with E-state index in [1.807, 2.05) is 0 Å². The molecule has 2 aromatic carbocycles.